The molecule has 1 rings (SSSR count). The molecule has 0 spiro atoms. The molecule has 0 amide bonds. The first-order valence-corrected chi connectivity index (χ1v) is 12.3. The lowest BCUT2D eigenvalue weighted by atomic mass is 10.00. The Bertz CT molecular complexity index is 588. The highest BCUT2D eigenvalue weighted by molar-refractivity contribution is 8.17. The van der Waals surface area contributed by atoms with Gasteiger partial charge in [-0.25, -0.2) is 0 Å². The van der Waals surface area contributed by atoms with Crippen LogP contribution in [0.1, 0.15) is 105 Å². The number of aromatic nitrogens is 1. The minimum absolute atomic E-state index is 0.401. The van der Waals surface area contributed by atoms with Gasteiger partial charge >= 0.3 is 0 Å². The van der Waals surface area contributed by atoms with E-state index in [1.807, 2.05) is 59.2 Å². The Labute approximate surface area is 192 Å². The highest BCUT2D eigenvalue weighted by Gasteiger charge is 2.13. The number of nitrogens with zero attached hydrogens (tertiary/aromatic N) is 1. The van der Waals surface area contributed by atoms with Crippen LogP contribution in [0.25, 0.3) is 0 Å². The van der Waals surface area contributed by atoms with E-state index in [1.54, 1.807) is 17.8 Å². The first kappa shape index (κ1) is 33.0. The molecule has 172 valence electrons. The van der Waals surface area contributed by atoms with Crippen molar-refractivity contribution >= 4 is 16.8 Å². The molecule has 1 unspecified atom stereocenters. The van der Waals surface area contributed by atoms with Gasteiger partial charge in [0.15, 0.2) is 0 Å². The fourth-order valence-electron chi connectivity index (χ4n) is 2.24. The van der Waals surface area contributed by atoms with Crippen LogP contribution in [0.15, 0.2) is 54.8 Å². The van der Waals surface area contributed by atoms with Crippen molar-refractivity contribution in [3.63, 3.8) is 0 Å². The molecule has 1 heterocycles. The second-order valence-corrected chi connectivity index (χ2v) is 7.82. The number of hydrogen-bond acceptors (Lipinski definition) is 3. The molecule has 1 aromatic rings. The molecule has 30 heavy (non-hydrogen) atoms. The normalized spacial score (nSPS) is 10.9. The monoisotopic (exact) mass is 432 g/mol. The molecule has 2 nitrogen and oxygen atoms in total. The molecule has 0 saturated carbocycles. The molecule has 0 aromatic carbocycles. The van der Waals surface area contributed by atoms with Gasteiger partial charge in [0.25, 0.3) is 0 Å². The van der Waals surface area contributed by atoms with Crippen molar-refractivity contribution in [1.29, 1.82) is 5.41 Å². The maximum Gasteiger partial charge on any atom is 0.101 e. The third-order valence-electron chi connectivity index (χ3n) is 3.85. The van der Waals surface area contributed by atoms with Crippen LogP contribution in [0.4, 0.5) is 0 Å². The number of rotatable bonds is 9. The molecule has 0 aliphatic carbocycles. The van der Waals surface area contributed by atoms with Crippen LogP contribution in [-0.2, 0) is 0 Å². The molecule has 3 heteroatoms. The zero-order valence-corrected chi connectivity index (χ0v) is 22.0. The van der Waals surface area contributed by atoms with Crippen molar-refractivity contribution < 1.29 is 0 Å². The van der Waals surface area contributed by atoms with Gasteiger partial charge in [0.1, 0.15) is 5.04 Å². The number of nitrogens with one attached hydrogen (secondary N) is 1. The zero-order valence-electron chi connectivity index (χ0n) is 21.2. The number of allylic oxidation sites excluding steroid dienone is 4. The molecule has 0 aliphatic heterocycles. The van der Waals surface area contributed by atoms with E-state index in [-0.39, 0.29) is 0 Å². The van der Waals surface area contributed by atoms with Crippen molar-refractivity contribution in [2.75, 3.05) is 0 Å². The third-order valence-corrected chi connectivity index (χ3v) is 4.91. The van der Waals surface area contributed by atoms with E-state index in [4.69, 9.17) is 5.41 Å². The predicted molar refractivity (Wildman–Crippen MR) is 143 cm³/mol. The Morgan fingerprint density at radius 1 is 1.17 bits per heavy atom. The minimum atomic E-state index is 0.401. The minimum Gasteiger partial charge on any atom is -0.293 e. The Hall–Kier alpha value is -1.61. The molecule has 1 atom stereocenters. The third kappa shape index (κ3) is 16.2. The van der Waals surface area contributed by atoms with E-state index < -0.39 is 0 Å². The van der Waals surface area contributed by atoms with Gasteiger partial charge in [-0.1, -0.05) is 91.8 Å². The average molecular weight is 433 g/mol. The predicted octanol–water partition coefficient (Wildman–Crippen LogP) is 9.79. The summed E-state index contributed by atoms with van der Waals surface area (Å²) < 4.78 is 0. The fourth-order valence-corrected chi connectivity index (χ4v) is 3.21. The van der Waals surface area contributed by atoms with Crippen LogP contribution >= 0.6 is 11.8 Å². The van der Waals surface area contributed by atoms with E-state index in [0.29, 0.717) is 16.9 Å². The van der Waals surface area contributed by atoms with E-state index in [9.17, 15) is 0 Å². The number of thioether (sulfide) groups is 1. The van der Waals surface area contributed by atoms with Crippen molar-refractivity contribution in [1.82, 2.24) is 4.98 Å². The summed E-state index contributed by atoms with van der Waals surface area (Å²) >= 11 is 1.59. The Balaban J connectivity index is -0.000000926. The van der Waals surface area contributed by atoms with Gasteiger partial charge in [0.2, 0.25) is 0 Å². The Kier molecular flexibility index (Phi) is 26.1. The molecule has 0 fully saturated rings. The lowest BCUT2D eigenvalue weighted by molar-refractivity contribution is 0.737. The highest BCUT2D eigenvalue weighted by atomic mass is 32.2. The maximum absolute atomic E-state index is 8.52. The van der Waals surface area contributed by atoms with Crippen molar-refractivity contribution in [3.05, 3.63) is 65.9 Å². The highest BCUT2D eigenvalue weighted by Crippen LogP contribution is 2.30. The SMILES string of the molecule is C=CC.C=CC(C)C/C=C(\CCCC)SC(=N)c1cnccc1C(C)C.CC.CC. The molecular weight excluding hydrogens is 384 g/mol. The summed E-state index contributed by atoms with van der Waals surface area (Å²) in [5.74, 6) is 0.879. The molecule has 1 aromatic heterocycles. The van der Waals surface area contributed by atoms with E-state index in [0.717, 1.165) is 18.4 Å². The van der Waals surface area contributed by atoms with Crippen LogP contribution in [-0.4, -0.2) is 10.0 Å². The molecule has 0 saturated heterocycles. The summed E-state index contributed by atoms with van der Waals surface area (Å²) in [6.07, 6.45) is 14.0. The van der Waals surface area contributed by atoms with Gasteiger partial charge < -0.3 is 0 Å². The molecule has 0 aliphatic rings. The first-order chi connectivity index (χ1) is 14.4. The van der Waals surface area contributed by atoms with Gasteiger partial charge in [0, 0.05) is 18.0 Å². The topological polar surface area (TPSA) is 36.7 Å². The van der Waals surface area contributed by atoms with Gasteiger partial charge in [-0.15, -0.1) is 13.2 Å². The number of pyridine rings is 1. The smallest absolute Gasteiger partial charge is 0.101 e. The van der Waals surface area contributed by atoms with Crippen molar-refractivity contribution in [2.24, 2.45) is 5.92 Å². The van der Waals surface area contributed by atoms with Crippen LogP contribution in [0.2, 0.25) is 0 Å². The van der Waals surface area contributed by atoms with Crippen molar-refractivity contribution in [2.45, 2.75) is 93.9 Å². The van der Waals surface area contributed by atoms with E-state index in [1.165, 1.54) is 23.3 Å². The van der Waals surface area contributed by atoms with Crippen LogP contribution in [0.3, 0.4) is 0 Å². The van der Waals surface area contributed by atoms with Gasteiger partial charge in [-0.2, -0.15) is 0 Å². The summed E-state index contributed by atoms with van der Waals surface area (Å²) in [4.78, 5) is 5.51. The largest absolute Gasteiger partial charge is 0.293 e. The Morgan fingerprint density at radius 3 is 2.20 bits per heavy atom. The molecule has 1 N–H and O–H groups in total. The van der Waals surface area contributed by atoms with Crippen molar-refractivity contribution in [3.8, 4) is 0 Å². The maximum atomic E-state index is 8.52. The molecule has 0 bridgehead atoms. The summed E-state index contributed by atoms with van der Waals surface area (Å²) in [6.45, 7) is 25.8. The van der Waals surface area contributed by atoms with E-state index >= 15 is 0 Å². The van der Waals surface area contributed by atoms with Crippen LogP contribution < -0.4 is 0 Å². The lowest BCUT2D eigenvalue weighted by Crippen LogP contribution is -2.03. The van der Waals surface area contributed by atoms with Crippen LogP contribution in [0, 0.1) is 11.3 Å². The number of hydrogen-bond donors (Lipinski definition) is 1. The quantitative estimate of drug-likeness (QED) is 0.239. The van der Waals surface area contributed by atoms with E-state index in [2.05, 4.69) is 51.9 Å². The molecule has 0 radical (unpaired) electrons. The summed E-state index contributed by atoms with van der Waals surface area (Å²) in [6, 6.07) is 2.03. The standard InChI is InChI=1S/C20H30N2S.C3H6.2C2H6/c1-6-8-9-17(11-10-16(5)7-2)23-20(21)19-14-22-13-12-18(19)15(3)4;1-3-2;2*1-2/h7,11-16,21H,2,6,8-10H2,1,3-5H3;3H,1H2,2H3;2*1-2H3/b17-11+,21-20?;;;. The van der Waals surface area contributed by atoms with Gasteiger partial charge in [0.05, 0.1) is 0 Å². The first-order valence-electron chi connectivity index (χ1n) is 11.5. The van der Waals surface area contributed by atoms with Crippen LogP contribution in [0.5, 0.6) is 0 Å². The Morgan fingerprint density at radius 2 is 1.73 bits per heavy atom. The average Bonchev–Trinajstić information content (AvgIpc) is 2.78. The van der Waals surface area contributed by atoms with Gasteiger partial charge in [-0.3, -0.25) is 10.4 Å². The summed E-state index contributed by atoms with van der Waals surface area (Å²) in [5, 5.41) is 9.13. The summed E-state index contributed by atoms with van der Waals surface area (Å²) in [7, 11) is 0. The number of unbranched alkanes of at least 4 members (excludes halogenated alkanes) is 1. The fraction of sp³-hybridized carbons (Fsp3) is 0.556. The van der Waals surface area contributed by atoms with Gasteiger partial charge in [-0.05, 0) is 54.6 Å². The second-order valence-electron chi connectivity index (χ2n) is 6.68. The summed E-state index contributed by atoms with van der Waals surface area (Å²) in [5.41, 5.74) is 2.17. The lowest BCUT2D eigenvalue weighted by Gasteiger charge is -2.14. The molecular formula is C27H48N2S. The second kappa shape index (κ2) is 23.7. The zero-order chi connectivity index (χ0) is 23.9.